The average molecular weight is 296 g/mol. The van der Waals surface area contributed by atoms with Gasteiger partial charge < -0.3 is 10.4 Å². The van der Waals surface area contributed by atoms with Crippen molar-refractivity contribution in [3.05, 3.63) is 80.0 Å². The van der Waals surface area contributed by atoms with Crippen LogP contribution in [0, 0.1) is 12.1 Å². The van der Waals surface area contributed by atoms with Gasteiger partial charge in [0.2, 0.25) is 5.52 Å². The lowest BCUT2D eigenvalue weighted by Gasteiger charge is -2.06. The van der Waals surface area contributed by atoms with Crippen LogP contribution >= 0.6 is 0 Å². The summed E-state index contributed by atoms with van der Waals surface area (Å²) in [5.74, 6) is 0. The van der Waals surface area contributed by atoms with Crippen molar-refractivity contribution in [3.63, 3.8) is 0 Å². The Hall–Kier alpha value is -3.15. The first-order chi connectivity index (χ1) is 10.5. The second kappa shape index (κ2) is 5.00. The summed E-state index contributed by atoms with van der Waals surface area (Å²) in [6.45, 7) is 1.37. The van der Waals surface area contributed by atoms with Gasteiger partial charge in [0, 0.05) is 23.8 Å². The van der Waals surface area contributed by atoms with Gasteiger partial charge in [-0.05, 0) is 6.07 Å². The molecule has 4 rings (SSSR count). The molecule has 110 valence electrons. The van der Waals surface area contributed by atoms with E-state index in [1.807, 2.05) is 24.3 Å². The highest BCUT2D eigenvalue weighted by molar-refractivity contribution is 5.97. The molecule has 0 bridgehead atoms. The number of aromatic nitrogens is 2. The van der Waals surface area contributed by atoms with Gasteiger partial charge in [0.1, 0.15) is 0 Å². The first-order valence-electron chi connectivity index (χ1n) is 6.59. The zero-order valence-electron chi connectivity index (χ0n) is 11.7. The van der Waals surface area contributed by atoms with Crippen molar-refractivity contribution in [1.29, 1.82) is 0 Å². The van der Waals surface area contributed by atoms with Gasteiger partial charge in [-0.25, -0.2) is 0 Å². The number of hydrogen-bond acceptors (Lipinski definition) is 4. The standard InChI is InChI=1S/C9H8N2O3.C7H4O/c1-6-9(12)11(14)8-5-3-2-4-7(8)10(6)13;8-7-5-3-1-2-4-6(5)7/h2-5,14H,1H3;1-4H. The smallest absolute Gasteiger partial charge is 0.351 e. The van der Waals surface area contributed by atoms with E-state index in [1.54, 1.807) is 18.2 Å². The van der Waals surface area contributed by atoms with E-state index in [1.165, 1.54) is 13.0 Å². The van der Waals surface area contributed by atoms with E-state index >= 15 is 0 Å². The van der Waals surface area contributed by atoms with Gasteiger partial charge >= 0.3 is 5.56 Å². The van der Waals surface area contributed by atoms with Gasteiger partial charge in [0.25, 0.3) is 5.69 Å². The summed E-state index contributed by atoms with van der Waals surface area (Å²) >= 11 is 0. The number of rotatable bonds is 0. The van der Waals surface area contributed by atoms with Gasteiger partial charge in [-0.3, -0.25) is 9.59 Å². The molecule has 22 heavy (non-hydrogen) atoms. The maximum atomic E-state index is 11.5. The fraction of sp³-hybridized carbons (Fsp3) is 0.0625. The quantitative estimate of drug-likeness (QED) is 0.301. The predicted molar refractivity (Wildman–Crippen MR) is 81.7 cm³/mol. The van der Waals surface area contributed by atoms with Crippen molar-refractivity contribution in [2.75, 3.05) is 0 Å². The molecule has 0 saturated heterocycles. The van der Waals surface area contributed by atoms with Crippen LogP contribution in [0.15, 0.2) is 58.1 Å². The average Bonchev–Trinajstić information content (AvgIpc) is 3.22. The molecule has 0 unspecified atom stereocenters. The number of fused-ring (bicyclic) bond motifs is 2. The van der Waals surface area contributed by atoms with Crippen LogP contribution in [0.3, 0.4) is 0 Å². The van der Waals surface area contributed by atoms with Crippen LogP contribution in [0.25, 0.3) is 21.8 Å². The second-order valence-electron chi connectivity index (χ2n) is 4.86. The van der Waals surface area contributed by atoms with Crippen molar-refractivity contribution in [2.45, 2.75) is 6.92 Å². The second-order valence-corrected chi connectivity index (χ2v) is 4.86. The Bertz CT molecular complexity index is 1020. The number of hydrogen-bond donors (Lipinski definition) is 1. The molecule has 0 radical (unpaired) electrons. The highest BCUT2D eigenvalue weighted by Crippen LogP contribution is 2.11. The Morgan fingerprint density at radius 2 is 1.55 bits per heavy atom. The third-order valence-electron chi connectivity index (χ3n) is 3.49. The van der Waals surface area contributed by atoms with E-state index in [0.29, 0.717) is 9.46 Å². The van der Waals surface area contributed by atoms with Crippen LogP contribution in [0.4, 0.5) is 0 Å². The molecule has 0 aliphatic carbocycles. The molecule has 0 aliphatic rings. The molecule has 6 heteroatoms. The van der Waals surface area contributed by atoms with Crippen molar-refractivity contribution in [3.8, 4) is 0 Å². The number of benzene rings is 2. The van der Waals surface area contributed by atoms with Crippen molar-refractivity contribution in [2.24, 2.45) is 0 Å². The highest BCUT2D eigenvalue weighted by Gasteiger charge is 2.15. The predicted octanol–water partition coefficient (Wildman–Crippen LogP) is 1.26. The van der Waals surface area contributed by atoms with Gasteiger partial charge in [-0.15, -0.1) is 4.73 Å². The Morgan fingerprint density at radius 1 is 1.00 bits per heavy atom. The van der Waals surface area contributed by atoms with Crippen molar-refractivity contribution in [1.82, 2.24) is 4.73 Å². The van der Waals surface area contributed by atoms with Gasteiger partial charge in [0.15, 0.2) is 10.9 Å². The lowest BCUT2D eigenvalue weighted by Crippen LogP contribution is -2.41. The summed E-state index contributed by atoms with van der Waals surface area (Å²) in [5, 5.41) is 22.7. The Morgan fingerprint density at radius 3 is 2.14 bits per heavy atom. The fourth-order valence-corrected chi connectivity index (χ4v) is 2.18. The topological polar surface area (TPSA) is 86.2 Å². The molecule has 1 aromatic heterocycles. The first kappa shape index (κ1) is 13.8. The molecule has 1 heterocycles. The van der Waals surface area contributed by atoms with E-state index in [4.69, 9.17) is 0 Å². The summed E-state index contributed by atoms with van der Waals surface area (Å²) in [6.07, 6.45) is 0. The minimum absolute atomic E-state index is 0.0498. The summed E-state index contributed by atoms with van der Waals surface area (Å²) in [5.41, 5.74) is -0.0508. The Kier molecular flexibility index (Phi) is 3.14. The van der Waals surface area contributed by atoms with Crippen LogP contribution < -0.4 is 15.7 Å². The van der Waals surface area contributed by atoms with E-state index < -0.39 is 5.56 Å². The summed E-state index contributed by atoms with van der Waals surface area (Å²) in [6, 6.07) is 13.8. The fourth-order valence-electron chi connectivity index (χ4n) is 2.18. The zero-order valence-corrected chi connectivity index (χ0v) is 11.7. The molecule has 4 aromatic rings. The largest absolute Gasteiger partial charge is 0.618 e. The summed E-state index contributed by atoms with van der Waals surface area (Å²) < 4.78 is 1.00. The molecule has 0 spiro atoms. The molecular formula is C16H12N2O4. The third kappa shape index (κ3) is 2.10. The van der Waals surface area contributed by atoms with E-state index in [2.05, 4.69) is 0 Å². The normalized spacial score (nSPS) is 10.8. The molecule has 0 fully saturated rings. The number of nitrogens with zero attached hydrogens (tertiary/aromatic N) is 2. The minimum Gasteiger partial charge on any atom is -0.618 e. The third-order valence-corrected chi connectivity index (χ3v) is 3.49. The zero-order chi connectivity index (χ0) is 15.9. The van der Waals surface area contributed by atoms with Gasteiger partial charge in [0.05, 0.1) is 0 Å². The monoisotopic (exact) mass is 296 g/mol. The van der Waals surface area contributed by atoms with Crippen LogP contribution in [0.1, 0.15) is 5.69 Å². The molecular weight excluding hydrogens is 284 g/mol. The maximum Gasteiger partial charge on any atom is 0.351 e. The van der Waals surface area contributed by atoms with E-state index in [0.717, 1.165) is 10.8 Å². The maximum absolute atomic E-state index is 11.5. The van der Waals surface area contributed by atoms with Crippen LogP contribution in [0.2, 0.25) is 0 Å². The molecule has 0 amide bonds. The Labute approximate surface area is 124 Å². The first-order valence-corrected chi connectivity index (χ1v) is 6.59. The van der Waals surface area contributed by atoms with Gasteiger partial charge in [-0.1, -0.05) is 36.4 Å². The lowest BCUT2D eigenvalue weighted by molar-refractivity contribution is -0.586. The highest BCUT2D eigenvalue weighted by atomic mass is 16.5. The lowest BCUT2D eigenvalue weighted by atomic mass is 10.3. The number of para-hydroxylation sites is 2. The molecule has 0 saturated carbocycles. The van der Waals surface area contributed by atoms with Crippen molar-refractivity contribution >= 4 is 21.8 Å². The van der Waals surface area contributed by atoms with Crippen molar-refractivity contribution < 1.29 is 9.94 Å². The summed E-state index contributed by atoms with van der Waals surface area (Å²) in [4.78, 5) is 21.8. The van der Waals surface area contributed by atoms with E-state index in [-0.39, 0.29) is 22.2 Å². The molecule has 3 aromatic carbocycles. The van der Waals surface area contributed by atoms with Gasteiger partial charge in [-0.2, -0.15) is 4.73 Å². The molecule has 0 aliphatic heterocycles. The van der Waals surface area contributed by atoms with Crippen LogP contribution in [-0.2, 0) is 0 Å². The Balaban J connectivity index is 0.000000151. The minimum atomic E-state index is -0.696. The summed E-state index contributed by atoms with van der Waals surface area (Å²) in [7, 11) is 0. The SMILES string of the molecule is Cc1c(=O)n(O)c2ccccc2[n+]1[O-].O=c1c2ccccc12. The van der Waals surface area contributed by atoms with Crippen LogP contribution in [0.5, 0.6) is 0 Å². The molecule has 1 N–H and O–H groups in total. The molecule has 0 atom stereocenters. The van der Waals surface area contributed by atoms with E-state index in [9.17, 15) is 20.0 Å². The van der Waals surface area contributed by atoms with Crippen LogP contribution in [-0.4, -0.2) is 9.94 Å². The molecule has 6 nitrogen and oxygen atoms in total.